The summed E-state index contributed by atoms with van der Waals surface area (Å²) >= 11 is 1.14. The lowest BCUT2D eigenvalue weighted by Crippen LogP contribution is -2.56. The number of amides is 1. The quantitative estimate of drug-likeness (QED) is 0.499. The fourth-order valence-electron chi connectivity index (χ4n) is 0.899. The molecule has 0 aromatic carbocycles. The van der Waals surface area contributed by atoms with E-state index in [0.29, 0.717) is 4.88 Å². The second-order valence-electron chi connectivity index (χ2n) is 3.07. The summed E-state index contributed by atoms with van der Waals surface area (Å²) in [5.41, 5.74) is 0.106. The average Bonchev–Trinajstić information content (AvgIpc) is 2.79. The molecule has 0 unspecified atom stereocenters. The number of nitrogens with zero attached hydrogens (tertiary/aromatic N) is 1. The molecule has 0 atom stereocenters. The molecule has 1 amide bonds. The number of hydrogen-bond donors (Lipinski definition) is 4. The lowest BCUT2D eigenvalue weighted by molar-refractivity contribution is 0.0377. The third kappa shape index (κ3) is 2.72. The smallest absolute Gasteiger partial charge is 0.263 e. The van der Waals surface area contributed by atoms with Gasteiger partial charge in [-0.05, 0) is 0 Å². The molecule has 1 heterocycles. The van der Waals surface area contributed by atoms with Gasteiger partial charge in [-0.25, -0.2) is 0 Å². The van der Waals surface area contributed by atoms with Crippen molar-refractivity contribution < 1.29 is 20.1 Å². The molecule has 0 bridgehead atoms. The van der Waals surface area contributed by atoms with Crippen LogP contribution < -0.4 is 5.32 Å². The summed E-state index contributed by atoms with van der Waals surface area (Å²) in [7, 11) is 0. The number of rotatable bonds is 5. The van der Waals surface area contributed by atoms with Gasteiger partial charge in [-0.1, -0.05) is 0 Å². The van der Waals surface area contributed by atoms with E-state index in [2.05, 4.69) is 10.3 Å². The van der Waals surface area contributed by atoms with Gasteiger partial charge in [0.1, 0.15) is 10.4 Å². The molecule has 0 aliphatic carbocycles. The Morgan fingerprint density at radius 3 is 2.40 bits per heavy atom. The molecule has 0 aliphatic rings. The van der Waals surface area contributed by atoms with Crippen molar-refractivity contribution in [1.82, 2.24) is 10.3 Å². The van der Waals surface area contributed by atoms with Crippen molar-refractivity contribution in [3.05, 3.63) is 16.6 Å². The summed E-state index contributed by atoms with van der Waals surface area (Å²) in [6.45, 7) is -1.61. The van der Waals surface area contributed by atoms with Crippen LogP contribution in [0.25, 0.3) is 0 Å². The van der Waals surface area contributed by atoms with Gasteiger partial charge in [0.05, 0.1) is 31.5 Å². The van der Waals surface area contributed by atoms with Gasteiger partial charge in [-0.3, -0.25) is 9.78 Å². The molecule has 0 spiro atoms. The monoisotopic (exact) mass is 232 g/mol. The van der Waals surface area contributed by atoms with E-state index in [1.165, 1.54) is 11.7 Å². The zero-order valence-corrected chi connectivity index (χ0v) is 8.70. The molecule has 4 N–H and O–H groups in total. The van der Waals surface area contributed by atoms with Crippen LogP contribution >= 0.6 is 11.3 Å². The van der Waals surface area contributed by atoms with E-state index in [1.807, 2.05) is 0 Å². The van der Waals surface area contributed by atoms with E-state index in [-0.39, 0.29) is 0 Å². The molecule has 84 valence electrons. The summed E-state index contributed by atoms with van der Waals surface area (Å²) in [4.78, 5) is 15.6. The molecular weight excluding hydrogens is 220 g/mol. The number of hydrogen-bond acceptors (Lipinski definition) is 6. The Morgan fingerprint density at radius 1 is 1.40 bits per heavy atom. The summed E-state index contributed by atoms with van der Waals surface area (Å²) < 4.78 is 0. The first-order chi connectivity index (χ1) is 7.17. The van der Waals surface area contributed by atoms with Crippen LogP contribution in [0.2, 0.25) is 0 Å². The Hall–Kier alpha value is -1.02. The predicted molar refractivity (Wildman–Crippen MR) is 53.6 cm³/mol. The third-order valence-corrected chi connectivity index (χ3v) is 2.71. The number of carbonyl (C=O) groups is 1. The minimum atomic E-state index is -1.39. The molecule has 0 saturated heterocycles. The van der Waals surface area contributed by atoms with Gasteiger partial charge in [0, 0.05) is 0 Å². The highest BCUT2D eigenvalue weighted by atomic mass is 32.1. The topological polar surface area (TPSA) is 103 Å². The van der Waals surface area contributed by atoms with E-state index >= 15 is 0 Å². The number of nitrogens with one attached hydrogen (secondary N) is 1. The zero-order chi connectivity index (χ0) is 11.3. The van der Waals surface area contributed by atoms with Gasteiger partial charge in [-0.15, -0.1) is 11.3 Å². The molecule has 1 aromatic rings. The summed E-state index contributed by atoms with van der Waals surface area (Å²) in [6, 6.07) is 0. The van der Waals surface area contributed by atoms with Gasteiger partial charge >= 0.3 is 0 Å². The van der Waals surface area contributed by atoms with Crippen molar-refractivity contribution in [3.8, 4) is 0 Å². The van der Waals surface area contributed by atoms with Crippen LogP contribution in [0.3, 0.4) is 0 Å². The number of aromatic nitrogens is 1. The number of aliphatic hydroxyl groups excluding tert-OH is 3. The molecule has 15 heavy (non-hydrogen) atoms. The number of carbonyl (C=O) groups excluding carboxylic acids is 1. The molecular formula is C8H12N2O4S. The maximum absolute atomic E-state index is 11.5. The largest absolute Gasteiger partial charge is 0.394 e. The van der Waals surface area contributed by atoms with E-state index in [1.54, 1.807) is 0 Å². The van der Waals surface area contributed by atoms with Crippen LogP contribution in [-0.4, -0.2) is 51.6 Å². The molecule has 0 aliphatic heterocycles. The van der Waals surface area contributed by atoms with Gasteiger partial charge in [0.25, 0.3) is 5.91 Å². The van der Waals surface area contributed by atoms with Gasteiger partial charge in [0.2, 0.25) is 0 Å². The van der Waals surface area contributed by atoms with Gasteiger partial charge in [-0.2, -0.15) is 0 Å². The third-order valence-electron chi connectivity index (χ3n) is 1.94. The first-order valence-corrected chi connectivity index (χ1v) is 5.09. The van der Waals surface area contributed by atoms with Gasteiger partial charge < -0.3 is 20.6 Å². The highest BCUT2D eigenvalue weighted by Crippen LogP contribution is 2.08. The molecule has 0 fully saturated rings. The average molecular weight is 232 g/mol. The molecule has 0 radical (unpaired) electrons. The molecule has 1 rings (SSSR count). The number of aliphatic hydroxyl groups is 3. The van der Waals surface area contributed by atoms with Crippen molar-refractivity contribution in [3.63, 3.8) is 0 Å². The SMILES string of the molecule is O=C(NC(CO)(CO)CO)c1cncs1. The van der Waals surface area contributed by atoms with Crippen LogP contribution in [0.5, 0.6) is 0 Å². The lowest BCUT2D eigenvalue weighted by Gasteiger charge is -2.28. The van der Waals surface area contributed by atoms with Crippen LogP contribution in [0.1, 0.15) is 9.67 Å². The van der Waals surface area contributed by atoms with Crippen molar-refractivity contribution in [1.29, 1.82) is 0 Å². The Kier molecular flexibility index (Phi) is 4.15. The van der Waals surface area contributed by atoms with Crippen LogP contribution in [0.4, 0.5) is 0 Å². The molecule has 7 heteroatoms. The fraction of sp³-hybridized carbons (Fsp3) is 0.500. The lowest BCUT2D eigenvalue weighted by atomic mass is 10.0. The Balaban J connectivity index is 2.71. The Labute approximate surface area is 90.2 Å². The number of thiazole rings is 1. The molecule has 1 aromatic heterocycles. The highest BCUT2D eigenvalue weighted by Gasteiger charge is 2.30. The summed E-state index contributed by atoms with van der Waals surface area (Å²) in [5.74, 6) is -0.477. The van der Waals surface area contributed by atoms with Crippen molar-refractivity contribution >= 4 is 17.2 Å². The van der Waals surface area contributed by atoms with Crippen molar-refractivity contribution in [2.24, 2.45) is 0 Å². The maximum Gasteiger partial charge on any atom is 0.263 e. The Bertz CT molecular complexity index is 302. The second-order valence-corrected chi connectivity index (χ2v) is 3.96. The van der Waals surface area contributed by atoms with Crippen molar-refractivity contribution in [2.45, 2.75) is 5.54 Å². The molecule has 0 saturated carbocycles. The summed E-state index contributed by atoms with van der Waals surface area (Å²) in [5, 5.41) is 29.3. The van der Waals surface area contributed by atoms with Crippen LogP contribution in [-0.2, 0) is 0 Å². The molecule has 6 nitrogen and oxygen atoms in total. The van der Waals surface area contributed by atoms with E-state index in [9.17, 15) is 4.79 Å². The van der Waals surface area contributed by atoms with Crippen LogP contribution in [0, 0.1) is 0 Å². The van der Waals surface area contributed by atoms with E-state index in [0.717, 1.165) is 11.3 Å². The van der Waals surface area contributed by atoms with Gasteiger partial charge in [0.15, 0.2) is 0 Å². The minimum Gasteiger partial charge on any atom is -0.394 e. The maximum atomic E-state index is 11.5. The normalized spacial score (nSPS) is 11.4. The summed E-state index contributed by atoms with van der Waals surface area (Å²) in [6.07, 6.45) is 1.37. The fourth-order valence-corrected chi connectivity index (χ4v) is 1.41. The minimum absolute atomic E-state index is 0.356. The standard InChI is InChI=1S/C8H12N2O4S/c11-2-8(3-12,4-13)10-7(14)6-1-9-5-15-6/h1,5,11-13H,2-4H2,(H,10,14). The van der Waals surface area contributed by atoms with Crippen molar-refractivity contribution in [2.75, 3.05) is 19.8 Å². The highest BCUT2D eigenvalue weighted by molar-refractivity contribution is 7.11. The predicted octanol–water partition coefficient (Wildman–Crippen LogP) is -1.41. The van der Waals surface area contributed by atoms with Crippen LogP contribution in [0.15, 0.2) is 11.7 Å². The van der Waals surface area contributed by atoms with E-state index < -0.39 is 31.3 Å². The zero-order valence-electron chi connectivity index (χ0n) is 7.88. The Morgan fingerprint density at radius 2 is 2.00 bits per heavy atom. The first kappa shape index (κ1) is 12.1. The first-order valence-electron chi connectivity index (χ1n) is 4.21. The van der Waals surface area contributed by atoms with E-state index in [4.69, 9.17) is 15.3 Å². The second kappa shape index (κ2) is 5.17.